The van der Waals surface area contributed by atoms with E-state index in [1.165, 1.54) is 23.4 Å². The van der Waals surface area contributed by atoms with Gasteiger partial charge >= 0.3 is 0 Å². The maximum atomic E-state index is 13.4. The third-order valence-electron chi connectivity index (χ3n) is 4.05. The lowest BCUT2D eigenvalue weighted by Crippen LogP contribution is -2.38. The van der Waals surface area contributed by atoms with Crippen molar-refractivity contribution < 1.29 is 17.6 Å². The molecule has 0 saturated heterocycles. The highest BCUT2D eigenvalue weighted by molar-refractivity contribution is 7.92. The first-order chi connectivity index (χ1) is 10.8. The molecule has 0 atom stereocenters. The summed E-state index contributed by atoms with van der Waals surface area (Å²) < 4.78 is 40.6. The smallest absolute Gasteiger partial charge is 0.264 e. The van der Waals surface area contributed by atoms with Gasteiger partial charge in [-0.2, -0.15) is 0 Å². The van der Waals surface area contributed by atoms with E-state index in [1.807, 2.05) is 0 Å². The lowest BCUT2D eigenvalue weighted by Gasteiger charge is -2.31. The van der Waals surface area contributed by atoms with Gasteiger partial charge in [0.15, 0.2) is 5.78 Å². The van der Waals surface area contributed by atoms with Crippen LogP contribution in [0.5, 0.6) is 0 Å². The topological polar surface area (TPSA) is 54.5 Å². The van der Waals surface area contributed by atoms with Crippen molar-refractivity contribution in [2.45, 2.75) is 25.2 Å². The van der Waals surface area contributed by atoms with Gasteiger partial charge in [-0.05, 0) is 49.2 Å². The molecule has 1 heterocycles. The van der Waals surface area contributed by atoms with E-state index in [4.69, 9.17) is 0 Å². The molecule has 0 radical (unpaired) electrons. The molecule has 0 spiro atoms. The van der Waals surface area contributed by atoms with Crippen molar-refractivity contribution in [1.29, 1.82) is 0 Å². The Morgan fingerprint density at radius 1 is 1.09 bits per heavy atom. The SMILES string of the molecule is Cc1cc(S(=O)(=O)N2CCC(=O)c3cccc(C)c32)ccc1F. The van der Waals surface area contributed by atoms with Crippen molar-refractivity contribution >= 4 is 21.5 Å². The van der Waals surface area contributed by atoms with Crippen LogP contribution in [0.15, 0.2) is 41.3 Å². The van der Waals surface area contributed by atoms with Gasteiger partial charge in [0.1, 0.15) is 5.82 Å². The number of hydrogen-bond donors (Lipinski definition) is 0. The van der Waals surface area contributed by atoms with E-state index in [1.54, 1.807) is 25.1 Å². The van der Waals surface area contributed by atoms with E-state index in [0.717, 1.165) is 11.6 Å². The summed E-state index contributed by atoms with van der Waals surface area (Å²) in [5, 5.41) is 0. The van der Waals surface area contributed by atoms with Crippen LogP contribution in [0, 0.1) is 19.7 Å². The molecule has 0 aromatic heterocycles. The number of fused-ring (bicyclic) bond motifs is 1. The molecule has 2 aromatic carbocycles. The first-order valence-electron chi connectivity index (χ1n) is 7.24. The lowest BCUT2D eigenvalue weighted by atomic mass is 9.99. The molecule has 1 aliphatic rings. The molecule has 4 nitrogen and oxygen atoms in total. The summed E-state index contributed by atoms with van der Waals surface area (Å²) in [6.45, 7) is 3.39. The molecule has 2 aromatic rings. The summed E-state index contributed by atoms with van der Waals surface area (Å²) in [7, 11) is -3.85. The highest BCUT2D eigenvalue weighted by Crippen LogP contribution is 2.34. The van der Waals surface area contributed by atoms with E-state index in [2.05, 4.69) is 0 Å². The molecule has 0 saturated carbocycles. The minimum atomic E-state index is -3.85. The van der Waals surface area contributed by atoms with Crippen LogP contribution in [-0.2, 0) is 10.0 Å². The number of anilines is 1. The maximum absolute atomic E-state index is 13.4. The highest BCUT2D eigenvalue weighted by Gasteiger charge is 2.33. The Morgan fingerprint density at radius 3 is 2.52 bits per heavy atom. The normalized spacial score (nSPS) is 14.7. The monoisotopic (exact) mass is 333 g/mol. The molecular formula is C17H16FNO3S. The minimum Gasteiger partial charge on any atom is -0.294 e. The average Bonchev–Trinajstić information content (AvgIpc) is 2.51. The number of carbonyl (C=O) groups excluding carboxylic acids is 1. The van der Waals surface area contributed by atoms with Gasteiger partial charge in [0, 0.05) is 18.5 Å². The van der Waals surface area contributed by atoms with Crippen molar-refractivity contribution in [3.63, 3.8) is 0 Å². The van der Waals surface area contributed by atoms with E-state index in [9.17, 15) is 17.6 Å². The number of ketones is 1. The van der Waals surface area contributed by atoms with Crippen LogP contribution >= 0.6 is 0 Å². The third kappa shape index (κ3) is 2.53. The Morgan fingerprint density at radius 2 is 1.83 bits per heavy atom. The van der Waals surface area contributed by atoms with Gasteiger partial charge < -0.3 is 0 Å². The fraction of sp³-hybridized carbons (Fsp3) is 0.235. The third-order valence-corrected chi connectivity index (χ3v) is 5.84. The summed E-state index contributed by atoms with van der Waals surface area (Å²) in [5.74, 6) is -0.514. The Bertz CT molecular complexity index is 906. The number of rotatable bonds is 2. The standard InChI is InChI=1S/C17H16FNO3S/c1-11-4-3-5-14-16(20)8-9-19(17(11)14)23(21,22)13-6-7-15(18)12(2)10-13/h3-7,10H,8-9H2,1-2H3. The number of halogens is 1. The molecule has 0 aliphatic carbocycles. The van der Waals surface area contributed by atoms with E-state index < -0.39 is 15.8 Å². The summed E-state index contributed by atoms with van der Waals surface area (Å²) in [6, 6.07) is 8.88. The van der Waals surface area contributed by atoms with Crippen LogP contribution in [0.25, 0.3) is 0 Å². The summed E-state index contributed by atoms with van der Waals surface area (Å²) in [5.41, 5.74) is 1.83. The van der Waals surface area contributed by atoms with Gasteiger partial charge in [-0.25, -0.2) is 12.8 Å². The van der Waals surface area contributed by atoms with Gasteiger partial charge in [-0.3, -0.25) is 9.10 Å². The molecule has 0 N–H and O–H groups in total. The summed E-state index contributed by atoms with van der Waals surface area (Å²) in [6.07, 6.45) is 0.135. The molecule has 1 aliphatic heterocycles. The zero-order valence-corrected chi connectivity index (χ0v) is 13.7. The van der Waals surface area contributed by atoms with Crippen LogP contribution in [0.1, 0.15) is 27.9 Å². The van der Waals surface area contributed by atoms with Crippen LogP contribution in [0.3, 0.4) is 0 Å². The molecule has 0 fully saturated rings. The Labute approximate surface area is 134 Å². The van der Waals surface area contributed by atoms with Gasteiger partial charge in [0.25, 0.3) is 10.0 Å². The summed E-state index contributed by atoms with van der Waals surface area (Å²) >= 11 is 0. The van der Waals surface area contributed by atoms with Crippen LogP contribution in [0.2, 0.25) is 0 Å². The van der Waals surface area contributed by atoms with Crippen LogP contribution in [-0.4, -0.2) is 20.7 Å². The molecule has 0 unspecified atom stereocenters. The quantitative estimate of drug-likeness (QED) is 0.848. The predicted molar refractivity (Wildman–Crippen MR) is 85.8 cm³/mol. The molecule has 0 amide bonds. The van der Waals surface area contributed by atoms with Crippen molar-refractivity contribution in [2.24, 2.45) is 0 Å². The number of benzene rings is 2. The van der Waals surface area contributed by atoms with Gasteiger partial charge in [-0.1, -0.05) is 12.1 Å². The second kappa shape index (κ2) is 5.45. The number of sulfonamides is 1. The fourth-order valence-corrected chi connectivity index (χ4v) is 4.44. The zero-order chi connectivity index (χ0) is 16.8. The van der Waals surface area contributed by atoms with Crippen molar-refractivity contribution in [2.75, 3.05) is 10.8 Å². The van der Waals surface area contributed by atoms with E-state index in [-0.39, 0.29) is 29.2 Å². The Balaban J connectivity index is 2.17. The van der Waals surface area contributed by atoms with Gasteiger partial charge in [0.2, 0.25) is 0 Å². The largest absolute Gasteiger partial charge is 0.294 e. The Kier molecular flexibility index (Phi) is 3.72. The average molecular weight is 333 g/mol. The van der Waals surface area contributed by atoms with Crippen LogP contribution < -0.4 is 4.31 Å². The van der Waals surface area contributed by atoms with Gasteiger partial charge in [-0.15, -0.1) is 0 Å². The first-order valence-corrected chi connectivity index (χ1v) is 8.68. The molecule has 23 heavy (non-hydrogen) atoms. The number of aryl methyl sites for hydroxylation is 2. The number of para-hydroxylation sites is 1. The summed E-state index contributed by atoms with van der Waals surface area (Å²) in [4.78, 5) is 12.1. The second-order valence-electron chi connectivity index (χ2n) is 5.63. The number of hydrogen-bond acceptors (Lipinski definition) is 3. The first kappa shape index (κ1) is 15.7. The molecule has 6 heteroatoms. The van der Waals surface area contributed by atoms with Gasteiger partial charge in [0.05, 0.1) is 10.6 Å². The van der Waals surface area contributed by atoms with E-state index >= 15 is 0 Å². The number of nitrogens with zero attached hydrogens (tertiary/aromatic N) is 1. The number of carbonyl (C=O) groups is 1. The molecule has 3 rings (SSSR count). The molecule has 120 valence electrons. The molecular weight excluding hydrogens is 317 g/mol. The van der Waals surface area contributed by atoms with Crippen molar-refractivity contribution in [3.8, 4) is 0 Å². The fourth-order valence-electron chi connectivity index (χ4n) is 2.81. The zero-order valence-electron chi connectivity index (χ0n) is 12.8. The minimum absolute atomic E-state index is 0.0277. The second-order valence-corrected chi connectivity index (χ2v) is 7.49. The number of Topliss-reactive ketones (excluding diaryl/α,β-unsaturated/α-hetero) is 1. The molecule has 0 bridgehead atoms. The lowest BCUT2D eigenvalue weighted by molar-refractivity contribution is 0.0982. The van der Waals surface area contributed by atoms with Crippen molar-refractivity contribution in [3.05, 3.63) is 58.9 Å². The van der Waals surface area contributed by atoms with E-state index in [0.29, 0.717) is 11.3 Å². The maximum Gasteiger partial charge on any atom is 0.264 e. The van der Waals surface area contributed by atoms with Crippen molar-refractivity contribution in [1.82, 2.24) is 0 Å². The predicted octanol–water partition coefficient (Wildman–Crippen LogP) is 3.22. The Hall–Kier alpha value is -2.21. The van der Waals surface area contributed by atoms with Crippen LogP contribution in [0.4, 0.5) is 10.1 Å². The highest BCUT2D eigenvalue weighted by atomic mass is 32.2.